The fourth-order valence-corrected chi connectivity index (χ4v) is 4.63. The van der Waals surface area contributed by atoms with Gasteiger partial charge in [0, 0.05) is 28.4 Å². The second-order valence-electron chi connectivity index (χ2n) is 7.74. The molecular weight excluding hydrogens is 426 g/mol. The molecular formula is C24H23N3O4S. The van der Waals surface area contributed by atoms with Crippen molar-refractivity contribution in [2.75, 3.05) is 6.54 Å². The molecule has 0 atom stereocenters. The normalized spacial score (nSPS) is 14.0. The molecule has 1 fully saturated rings. The number of Topliss-reactive ketones (excluding diaryl/α,β-unsaturated/α-hetero) is 1. The minimum absolute atomic E-state index is 0.00777. The Morgan fingerprint density at radius 1 is 0.938 bits per heavy atom. The molecule has 1 saturated heterocycles. The fraction of sp³-hybridized carbons (Fsp3) is 0.250. The Hall–Kier alpha value is -3.52. The van der Waals surface area contributed by atoms with Crippen molar-refractivity contribution in [3.8, 4) is 0 Å². The lowest BCUT2D eigenvalue weighted by Crippen LogP contribution is -2.37. The molecule has 3 heterocycles. The quantitative estimate of drug-likeness (QED) is 0.299. The molecule has 0 bridgehead atoms. The van der Waals surface area contributed by atoms with Crippen molar-refractivity contribution >= 4 is 35.0 Å². The third-order valence-corrected chi connectivity index (χ3v) is 6.59. The highest BCUT2D eigenvalue weighted by Gasteiger charge is 2.45. The van der Waals surface area contributed by atoms with Crippen LogP contribution in [0, 0.1) is 13.8 Å². The summed E-state index contributed by atoms with van der Waals surface area (Å²) in [5.74, 6) is -2.24. The first-order valence-corrected chi connectivity index (χ1v) is 11.2. The number of carbonyl (C=O) groups is 4. The van der Waals surface area contributed by atoms with Crippen LogP contribution in [0.25, 0.3) is 0 Å². The lowest BCUT2D eigenvalue weighted by Gasteiger charge is -2.15. The summed E-state index contributed by atoms with van der Waals surface area (Å²) in [6.07, 6.45) is 0.855. The lowest BCUT2D eigenvalue weighted by atomic mass is 10.1. The van der Waals surface area contributed by atoms with Crippen LogP contribution in [0.15, 0.2) is 53.9 Å². The predicted molar refractivity (Wildman–Crippen MR) is 120 cm³/mol. The fourth-order valence-electron chi connectivity index (χ4n) is 3.93. The summed E-state index contributed by atoms with van der Waals surface area (Å²) in [7, 11) is 0. The molecule has 0 unspecified atom stereocenters. The summed E-state index contributed by atoms with van der Waals surface area (Å²) >= 11 is 1.69. The third-order valence-electron chi connectivity index (χ3n) is 5.66. The van der Waals surface area contributed by atoms with Crippen molar-refractivity contribution in [2.45, 2.75) is 33.4 Å². The Balaban J connectivity index is 1.47. The molecule has 4 rings (SSSR count). The average molecular weight is 450 g/mol. The van der Waals surface area contributed by atoms with Gasteiger partial charge in [-0.25, -0.2) is 9.69 Å². The second kappa shape index (κ2) is 8.92. The van der Waals surface area contributed by atoms with E-state index in [2.05, 4.69) is 10.6 Å². The number of aromatic nitrogens is 1. The van der Waals surface area contributed by atoms with Crippen LogP contribution in [-0.4, -0.2) is 44.5 Å². The van der Waals surface area contributed by atoms with Gasteiger partial charge >= 0.3 is 17.8 Å². The maximum Gasteiger partial charge on any atom is 0.334 e. The molecule has 3 aromatic rings. The van der Waals surface area contributed by atoms with Crippen LogP contribution >= 0.6 is 11.3 Å². The Bertz CT molecular complexity index is 1180. The Morgan fingerprint density at radius 2 is 1.66 bits per heavy atom. The zero-order valence-electron chi connectivity index (χ0n) is 17.9. The van der Waals surface area contributed by atoms with E-state index in [-0.39, 0.29) is 12.3 Å². The van der Waals surface area contributed by atoms with Gasteiger partial charge in [-0.2, -0.15) is 0 Å². The van der Waals surface area contributed by atoms with E-state index in [4.69, 9.17) is 0 Å². The molecule has 0 radical (unpaired) electrons. The number of rotatable bonds is 8. The molecule has 32 heavy (non-hydrogen) atoms. The number of imide groups is 2. The molecule has 1 aliphatic rings. The molecule has 7 nitrogen and oxygen atoms in total. The number of ketones is 1. The van der Waals surface area contributed by atoms with Crippen LogP contribution in [0.5, 0.6) is 0 Å². The van der Waals surface area contributed by atoms with E-state index >= 15 is 0 Å². The van der Waals surface area contributed by atoms with Gasteiger partial charge in [0.2, 0.25) is 0 Å². The SMILES string of the molecule is Cc1cc(C(=O)CN2C(=O)C(=O)N(Cc3ccccc3)C2=O)c(C)n1CCc1cccs1. The van der Waals surface area contributed by atoms with Crippen molar-refractivity contribution in [3.63, 3.8) is 0 Å². The first-order chi connectivity index (χ1) is 15.4. The van der Waals surface area contributed by atoms with Crippen molar-refractivity contribution < 1.29 is 19.2 Å². The average Bonchev–Trinajstić information content (AvgIpc) is 3.45. The minimum Gasteiger partial charge on any atom is -0.348 e. The predicted octanol–water partition coefficient (Wildman–Crippen LogP) is 3.58. The summed E-state index contributed by atoms with van der Waals surface area (Å²) in [6.45, 7) is 4.05. The molecule has 0 N–H and O–H groups in total. The van der Waals surface area contributed by atoms with Crippen molar-refractivity contribution in [2.24, 2.45) is 0 Å². The largest absolute Gasteiger partial charge is 0.348 e. The van der Waals surface area contributed by atoms with Gasteiger partial charge in [-0.15, -0.1) is 11.3 Å². The summed E-state index contributed by atoms with van der Waals surface area (Å²) in [5.41, 5.74) is 2.91. The molecule has 1 aromatic carbocycles. The van der Waals surface area contributed by atoms with E-state index in [1.807, 2.05) is 31.4 Å². The van der Waals surface area contributed by atoms with E-state index < -0.39 is 24.4 Å². The summed E-state index contributed by atoms with van der Waals surface area (Å²) in [5, 5.41) is 2.03. The lowest BCUT2D eigenvalue weighted by molar-refractivity contribution is -0.143. The van der Waals surface area contributed by atoms with E-state index in [1.54, 1.807) is 41.7 Å². The maximum absolute atomic E-state index is 13.0. The Kier molecular flexibility index (Phi) is 6.05. The van der Waals surface area contributed by atoms with Crippen LogP contribution in [0.1, 0.15) is 32.2 Å². The summed E-state index contributed by atoms with van der Waals surface area (Å²) in [4.78, 5) is 53.4. The molecule has 164 valence electrons. The number of benzene rings is 1. The number of thiophene rings is 1. The third kappa shape index (κ3) is 4.13. The molecule has 8 heteroatoms. The number of hydrogen-bond acceptors (Lipinski definition) is 5. The molecule has 1 aliphatic heterocycles. The van der Waals surface area contributed by atoms with Crippen molar-refractivity contribution in [1.29, 1.82) is 0 Å². The second-order valence-corrected chi connectivity index (χ2v) is 8.77. The van der Waals surface area contributed by atoms with Gasteiger partial charge in [0.15, 0.2) is 5.78 Å². The van der Waals surface area contributed by atoms with Crippen LogP contribution in [0.4, 0.5) is 4.79 Å². The van der Waals surface area contributed by atoms with Crippen LogP contribution < -0.4 is 0 Å². The first kappa shape index (κ1) is 21.7. The topological polar surface area (TPSA) is 79.7 Å². The maximum atomic E-state index is 13.0. The summed E-state index contributed by atoms with van der Waals surface area (Å²) < 4.78 is 2.06. The molecule has 4 amide bonds. The van der Waals surface area contributed by atoms with Gasteiger partial charge in [0.25, 0.3) is 0 Å². The van der Waals surface area contributed by atoms with Crippen molar-refractivity contribution in [1.82, 2.24) is 14.4 Å². The Labute approximate surface area is 189 Å². The zero-order valence-corrected chi connectivity index (χ0v) is 18.7. The number of aryl methyl sites for hydroxylation is 2. The van der Waals surface area contributed by atoms with Crippen LogP contribution in [0.2, 0.25) is 0 Å². The highest BCUT2D eigenvalue weighted by atomic mass is 32.1. The number of carbonyl (C=O) groups excluding carboxylic acids is 4. The van der Waals surface area contributed by atoms with Gasteiger partial charge in [0.1, 0.15) is 0 Å². The van der Waals surface area contributed by atoms with E-state index in [0.717, 1.165) is 39.7 Å². The Morgan fingerprint density at radius 3 is 2.34 bits per heavy atom. The van der Waals surface area contributed by atoms with E-state index in [9.17, 15) is 19.2 Å². The van der Waals surface area contributed by atoms with E-state index in [1.165, 1.54) is 4.88 Å². The van der Waals surface area contributed by atoms with Crippen molar-refractivity contribution in [3.05, 3.63) is 81.3 Å². The van der Waals surface area contributed by atoms with E-state index in [0.29, 0.717) is 5.56 Å². The van der Waals surface area contributed by atoms with Crippen LogP contribution in [-0.2, 0) is 29.1 Å². The highest BCUT2D eigenvalue weighted by molar-refractivity contribution is 7.09. The molecule has 0 aliphatic carbocycles. The van der Waals surface area contributed by atoms with Gasteiger partial charge in [-0.1, -0.05) is 36.4 Å². The van der Waals surface area contributed by atoms with Crippen LogP contribution in [0.3, 0.4) is 0 Å². The van der Waals surface area contributed by atoms with Gasteiger partial charge < -0.3 is 4.57 Å². The monoisotopic (exact) mass is 449 g/mol. The van der Waals surface area contributed by atoms with Gasteiger partial charge in [-0.05, 0) is 43.3 Å². The molecule has 0 spiro atoms. The summed E-state index contributed by atoms with van der Waals surface area (Å²) in [6, 6.07) is 14.0. The number of amides is 4. The number of hydrogen-bond donors (Lipinski definition) is 0. The number of urea groups is 1. The highest BCUT2D eigenvalue weighted by Crippen LogP contribution is 2.21. The zero-order chi connectivity index (χ0) is 22.8. The first-order valence-electron chi connectivity index (χ1n) is 10.3. The minimum atomic E-state index is -0.967. The number of nitrogens with zero attached hydrogens (tertiary/aromatic N) is 3. The standard InChI is InChI=1S/C24H23N3O4S/c1-16-13-20(17(2)25(16)11-10-19-9-6-12-32-19)21(28)15-27-23(30)22(29)26(24(27)31)14-18-7-4-3-5-8-18/h3-9,12-13H,10-11,14-15H2,1-2H3. The van der Waals surface area contributed by atoms with Gasteiger partial charge in [0.05, 0.1) is 13.1 Å². The smallest absolute Gasteiger partial charge is 0.334 e. The molecule has 2 aromatic heterocycles. The van der Waals surface area contributed by atoms with Gasteiger partial charge in [-0.3, -0.25) is 19.3 Å². The molecule has 0 saturated carbocycles.